The molecule has 3 heterocycles. The lowest BCUT2D eigenvalue weighted by Gasteiger charge is -2.44. The molecule has 27 heavy (non-hydrogen) atoms. The maximum absolute atomic E-state index is 12.7. The average Bonchev–Trinajstić information content (AvgIpc) is 2.72. The highest BCUT2D eigenvalue weighted by atomic mass is 16.6. The molecule has 5 heteroatoms. The minimum absolute atomic E-state index is 0.0615. The van der Waals surface area contributed by atoms with Gasteiger partial charge >= 0.3 is 6.09 Å². The number of ether oxygens (including phenoxy) is 1. The molecule has 136 valence electrons. The summed E-state index contributed by atoms with van der Waals surface area (Å²) in [5, 5.41) is 8.91. The maximum atomic E-state index is 12.7. The Labute approximate surface area is 158 Å². The first kappa shape index (κ1) is 17.3. The van der Waals surface area contributed by atoms with Crippen LogP contribution in [0, 0.1) is 11.3 Å². The quantitative estimate of drug-likeness (QED) is 0.819. The molecule has 1 saturated heterocycles. The van der Waals surface area contributed by atoms with Crippen molar-refractivity contribution in [3.63, 3.8) is 0 Å². The van der Waals surface area contributed by atoms with Gasteiger partial charge in [-0.1, -0.05) is 42.5 Å². The zero-order chi connectivity index (χ0) is 18.6. The summed E-state index contributed by atoms with van der Waals surface area (Å²) in [6.45, 7) is 0.297. The molecule has 0 radical (unpaired) electrons. The molecule has 2 unspecified atom stereocenters. The first-order valence-corrected chi connectivity index (χ1v) is 9.31. The van der Waals surface area contributed by atoms with Crippen molar-refractivity contribution in [2.45, 2.75) is 44.4 Å². The molecule has 1 fully saturated rings. The van der Waals surface area contributed by atoms with Gasteiger partial charge in [0.15, 0.2) is 0 Å². The molecule has 1 aromatic heterocycles. The van der Waals surface area contributed by atoms with Crippen LogP contribution >= 0.6 is 0 Å². The molecule has 0 saturated carbocycles. The Morgan fingerprint density at radius 1 is 1.22 bits per heavy atom. The van der Waals surface area contributed by atoms with E-state index in [1.807, 2.05) is 47.4 Å². The number of piperidine rings is 1. The molecular weight excluding hydrogens is 338 g/mol. The number of carbonyl (C=O) groups is 1. The van der Waals surface area contributed by atoms with Crippen molar-refractivity contribution in [1.82, 2.24) is 9.88 Å². The number of rotatable bonds is 3. The molecule has 0 aliphatic carbocycles. The Morgan fingerprint density at radius 2 is 2.07 bits per heavy atom. The lowest BCUT2D eigenvalue weighted by atomic mass is 9.83. The number of hydrogen-bond donors (Lipinski definition) is 0. The van der Waals surface area contributed by atoms with Crippen LogP contribution in [0.25, 0.3) is 5.57 Å². The van der Waals surface area contributed by atoms with Crippen LogP contribution in [0.15, 0.2) is 54.7 Å². The molecular formula is C22H21N3O2. The van der Waals surface area contributed by atoms with Gasteiger partial charge in [0, 0.05) is 12.2 Å². The number of carbonyl (C=O) groups excluding carboxylic acids is 1. The van der Waals surface area contributed by atoms with Gasteiger partial charge in [0.05, 0.1) is 6.04 Å². The smallest absolute Gasteiger partial charge is 0.410 e. The van der Waals surface area contributed by atoms with Gasteiger partial charge in [-0.3, -0.25) is 4.90 Å². The fourth-order valence-corrected chi connectivity index (χ4v) is 3.97. The molecule has 2 aliphatic rings. The molecule has 0 N–H and O–H groups in total. The second-order valence-electron chi connectivity index (χ2n) is 7.04. The standard InChI is InChI=1S/C22H21N3O2/c23-13-19-10-9-17(14-24-19)18-11-20-7-4-8-21(12-18)25(20)22(26)27-15-16-5-2-1-3-6-16/h1-3,5-6,9-11,14,20-21H,4,7-8,12,15H2. The summed E-state index contributed by atoms with van der Waals surface area (Å²) in [6, 6.07) is 15.7. The van der Waals surface area contributed by atoms with E-state index in [2.05, 4.69) is 11.1 Å². The summed E-state index contributed by atoms with van der Waals surface area (Å²) < 4.78 is 5.58. The Morgan fingerprint density at radius 3 is 2.78 bits per heavy atom. The van der Waals surface area contributed by atoms with Crippen molar-refractivity contribution >= 4 is 11.7 Å². The zero-order valence-electron chi connectivity index (χ0n) is 15.0. The van der Waals surface area contributed by atoms with Crippen molar-refractivity contribution in [1.29, 1.82) is 5.26 Å². The fourth-order valence-electron chi connectivity index (χ4n) is 3.97. The SMILES string of the molecule is N#Cc1ccc(C2=CC3CCCC(C2)N3C(=O)OCc2ccccc2)cn1. The van der Waals surface area contributed by atoms with Gasteiger partial charge in [-0.15, -0.1) is 0 Å². The summed E-state index contributed by atoms with van der Waals surface area (Å²) in [7, 11) is 0. The van der Waals surface area contributed by atoms with Gasteiger partial charge in [0.25, 0.3) is 0 Å². The molecule has 5 nitrogen and oxygen atoms in total. The number of hydrogen-bond acceptors (Lipinski definition) is 4. The predicted octanol–water partition coefficient (Wildman–Crippen LogP) is 4.30. The van der Waals surface area contributed by atoms with Crippen LogP contribution in [0.2, 0.25) is 0 Å². The Bertz CT molecular complexity index is 884. The monoisotopic (exact) mass is 359 g/mol. The topological polar surface area (TPSA) is 66.2 Å². The molecule has 4 rings (SSSR count). The van der Waals surface area contributed by atoms with Gasteiger partial charge < -0.3 is 4.74 Å². The van der Waals surface area contributed by atoms with E-state index in [-0.39, 0.29) is 18.2 Å². The van der Waals surface area contributed by atoms with Crippen LogP contribution in [-0.2, 0) is 11.3 Å². The highest BCUT2D eigenvalue weighted by Gasteiger charge is 2.38. The number of fused-ring (bicyclic) bond motifs is 2. The molecule has 2 aliphatic heterocycles. The normalized spacial score (nSPS) is 21.1. The van der Waals surface area contributed by atoms with Crippen LogP contribution in [0.4, 0.5) is 4.79 Å². The molecule has 1 aromatic carbocycles. The largest absolute Gasteiger partial charge is 0.445 e. The van der Waals surface area contributed by atoms with Gasteiger partial charge in [-0.05, 0) is 48.4 Å². The lowest BCUT2D eigenvalue weighted by Crippen LogP contribution is -2.51. The van der Waals surface area contributed by atoms with E-state index in [9.17, 15) is 4.79 Å². The number of pyridine rings is 1. The minimum atomic E-state index is -0.234. The number of nitriles is 1. The van der Waals surface area contributed by atoms with E-state index in [0.717, 1.165) is 36.8 Å². The van der Waals surface area contributed by atoms with Crippen molar-refractivity contribution < 1.29 is 9.53 Å². The lowest BCUT2D eigenvalue weighted by molar-refractivity contribution is 0.0510. The third-order valence-corrected chi connectivity index (χ3v) is 5.30. The van der Waals surface area contributed by atoms with Gasteiger partial charge in [0.1, 0.15) is 18.4 Å². The van der Waals surface area contributed by atoms with Crippen LogP contribution in [0.3, 0.4) is 0 Å². The molecule has 0 spiro atoms. The summed E-state index contributed by atoms with van der Waals surface area (Å²) in [6.07, 6.45) is 7.54. The number of aromatic nitrogens is 1. The van der Waals surface area contributed by atoms with Gasteiger partial charge in [0.2, 0.25) is 0 Å². The summed E-state index contributed by atoms with van der Waals surface area (Å²) >= 11 is 0. The van der Waals surface area contributed by atoms with Crippen LogP contribution < -0.4 is 0 Å². The van der Waals surface area contributed by atoms with E-state index in [1.165, 1.54) is 5.57 Å². The first-order valence-electron chi connectivity index (χ1n) is 9.31. The van der Waals surface area contributed by atoms with Crippen LogP contribution in [0.1, 0.15) is 42.5 Å². The van der Waals surface area contributed by atoms with Crippen molar-refractivity contribution in [2.24, 2.45) is 0 Å². The van der Waals surface area contributed by atoms with Crippen molar-refractivity contribution in [3.8, 4) is 6.07 Å². The van der Waals surface area contributed by atoms with E-state index in [1.54, 1.807) is 12.3 Å². The zero-order valence-corrected chi connectivity index (χ0v) is 15.0. The summed E-state index contributed by atoms with van der Waals surface area (Å²) in [4.78, 5) is 18.8. The maximum Gasteiger partial charge on any atom is 0.410 e. The molecule has 2 aromatic rings. The summed E-state index contributed by atoms with van der Waals surface area (Å²) in [5.41, 5.74) is 3.64. The average molecular weight is 359 g/mol. The molecule has 1 amide bonds. The second kappa shape index (κ2) is 7.63. The van der Waals surface area contributed by atoms with Crippen LogP contribution in [-0.4, -0.2) is 28.1 Å². The van der Waals surface area contributed by atoms with Crippen LogP contribution in [0.5, 0.6) is 0 Å². The van der Waals surface area contributed by atoms with Crippen molar-refractivity contribution in [3.05, 3.63) is 71.6 Å². The number of amides is 1. The Kier molecular flexibility index (Phi) is 4.88. The first-order chi connectivity index (χ1) is 13.2. The van der Waals surface area contributed by atoms with E-state index in [0.29, 0.717) is 12.3 Å². The third-order valence-electron chi connectivity index (χ3n) is 5.30. The predicted molar refractivity (Wildman–Crippen MR) is 101 cm³/mol. The van der Waals surface area contributed by atoms with E-state index < -0.39 is 0 Å². The van der Waals surface area contributed by atoms with Crippen molar-refractivity contribution in [2.75, 3.05) is 0 Å². The third kappa shape index (κ3) is 3.70. The van der Waals surface area contributed by atoms with Gasteiger partial charge in [-0.25, -0.2) is 9.78 Å². The van der Waals surface area contributed by atoms with E-state index in [4.69, 9.17) is 10.00 Å². The minimum Gasteiger partial charge on any atom is -0.445 e. The highest BCUT2D eigenvalue weighted by Crippen LogP contribution is 2.37. The number of nitrogens with zero attached hydrogens (tertiary/aromatic N) is 3. The fraction of sp³-hybridized carbons (Fsp3) is 0.318. The number of benzene rings is 1. The molecule has 2 bridgehead atoms. The molecule has 2 atom stereocenters. The van der Waals surface area contributed by atoms with E-state index >= 15 is 0 Å². The highest BCUT2D eigenvalue weighted by molar-refractivity contribution is 5.74. The Balaban J connectivity index is 1.49. The van der Waals surface area contributed by atoms with Gasteiger partial charge in [-0.2, -0.15) is 5.26 Å². The Hall–Kier alpha value is -3.13. The second-order valence-corrected chi connectivity index (χ2v) is 7.04. The summed E-state index contributed by atoms with van der Waals surface area (Å²) in [5.74, 6) is 0.